The zero-order valence-corrected chi connectivity index (χ0v) is 17.2. The van der Waals surface area contributed by atoms with Gasteiger partial charge in [0, 0.05) is 26.5 Å². The Morgan fingerprint density at radius 2 is 1.48 bits per heavy atom. The van der Waals surface area contributed by atoms with E-state index in [1.807, 2.05) is 0 Å². The molecular formula is C15H26NO12P. The molecule has 0 saturated heterocycles. The number of hydrogen-bond acceptors (Lipinski definition) is 10. The topological polar surface area (TPSA) is 184 Å². The zero-order valence-electron chi connectivity index (χ0n) is 16.3. The summed E-state index contributed by atoms with van der Waals surface area (Å²) in [6.07, 6.45) is -4.05. The van der Waals surface area contributed by atoms with Crippen molar-refractivity contribution in [1.29, 1.82) is 0 Å². The molecule has 0 spiro atoms. The van der Waals surface area contributed by atoms with Gasteiger partial charge < -0.3 is 34.1 Å². The summed E-state index contributed by atoms with van der Waals surface area (Å²) in [4.78, 5) is 65.3. The van der Waals surface area contributed by atoms with Crippen LogP contribution in [0.15, 0.2) is 0 Å². The number of phosphoric acid groups is 1. The number of amides is 1. The molecule has 168 valence electrons. The highest BCUT2D eigenvalue weighted by atomic mass is 31.2. The molecule has 13 nitrogen and oxygen atoms in total. The molecule has 14 heteroatoms. The van der Waals surface area contributed by atoms with Crippen molar-refractivity contribution < 1.29 is 57.0 Å². The molecule has 2 unspecified atom stereocenters. The normalized spacial score (nSPS) is 13.1. The van der Waals surface area contributed by atoms with Crippen LogP contribution in [0.1, 0.15) is 26.7 Å². The molecule has 0 aromatic rings. The molecule has 0 rings (SSSR count). The number of phosphoric ester groups is 1. The van der Waals surface area contributed by atoms with Gasteiger partial charge in [0.25, 0.3) is 5.91 Å². The van der Waals surface area contributed by atoms with Gasteiger partial charge in [-0.2, -0.15) is 0 Å². The van der Waals surface area contributed by atoms with Gasteiger partial charge >= 0.3 is 25.7 Å². The summed E-state index contributed by atoms with van der Waals surface area (Å²) in [6, 6.07) is 0. The fourth-order valence-corrected chi connectivity index (χ4v) is 2.01. The summed E-state index contributed by atoms with van der Waals surface area (Å²) < 4.78 is 34.3. The number of esters is 3. The number of carbonyl (C=O) groups excluding carboxylic acids is 4. The Morgan fingerprint density at radius 3 is 1.97 bits per heavy atom. The van der Waals surface area contributed by atoms with Crippen molar-refractivity contribution in [3.05, 3.63) is 0 Å². The van der Waals surface area contributed by atoms with E-state index in [2.05, 4.69) is 9.84 Å². The SMILES string of the molecule is CCC(=O)OC(C(=O)NCCOP(=O)(O)O)C(OC(=O)CC)C(=O)OCCOC. The second kappa shape index (κ2) is 14.0. The smallest absolute Gasteiger partial charge is 0.460 e. The van der Waals surface area contributed by atoms with Crippen molar-refractivity contribution in [2.75, 3.05) is 33.5 Å². The van der Waals surface area contributed by atoms with Gasteiger partial charge in [-0.3, -0.25) is 18.9 Å². The van der Waals surface area contributed by atoms with Gasteiger partial charge in [0.2, 0.25) is 12.2 Å². The second-order valence-corrected chi connectivity index (χ2v) is 6.54. The quantitative estimate of drug-likeness (QED) is 0.130. The number of ether oxygens (including phenoxy) is 4. The molecule has 1 amide bonds. The van der Waals surface area contributed by atoms with Crippen LogP contribution in [-0.2, 0) is 47.2 Å². The van der Waals surface area contributed by atoms with Gasteiger partial charge in [-0.1, -0.05) is 13.8 Å². The lowest BCUT2D eigenvalue weighted by atomic mass is 10.1. The van der Waals surface area contributed by atoms with Gasteiger partial charge in [-0.05, 0) is 0 Å². The number of carbonyl (C=O) groups is 4. The van der Waals surface area contributed by atoms with Crippen molar-refractivity contribution in [3.63, 3.8) is 0 Å². The first-order valence-corrected chi connectivity index (χ1v) is 10.1. The first-order valence-electron chi connectivity index (χ1n) is 8.58. The van der Waals surface area contributed by atoms with Crippen LogP contribution >= 0.6 is 7.82 Å². The van der Waals surface area contributed by atoms with Gasteiger partial charge in [-0.15, -0.1) is 0 Å². The molecule has 0 saturated carbocycles. The van der Waals surface area contributed by atoms with E-state index in [0.717, 1.165) is 0 Å². The first kappa shape index (κ1) is 27.0. The highest BCUT2D eigenvalue weighted by molar-refractivity contribution is 7.46. The molecule has 0 aromatic heterocycles. The Morgan fingerprint density at radius 1 is 0.931 bits per heavy atom. The second-order valence-electron chi connectivity index (χ2n) is 5.30. The minimum atomic E-state index is -4.74. The van der Waals surface area contributed by atoms with E-state index in [9.17, 15) is 23.7 Å². The molecule has 0 aromatic carbocycles. The molecule has 3 N–H and O–H groups in total. The van der Waals surface area contributed by atoms with Gasteiger partial charge in [0.05, 0.1) is 13.2 Å². The third kappa shape index (κ3) is 12.2. The average molecular weight is 443 g/mol. The van der Waals surface area contributed by atoms with Gasteiger partial charge in [0.15, 0.2) is 0 Å². The fraction of sp³-hybridized carbons (Fsp3) is 0.733. The Hall–Kier alpha value is -2.05. The predicted octanol–water partition coefficient (Wildman–Crippen LogP) is -0.955. The number of nitrogens with one attached hydrogen (secondary N) is 1. The predicted molar refractivity (Wildman–Crippen MR) is 94.2 cm³/mol. The largest absolute Gasteiger partial charge is 0.469 e. The maximum atomic E-state index is 12.4. The summed E-state index contributed by atoms with van der Waals surface area (Å²) in [7, 11) is -3.38. The van der Waals surface area contributed by atoms with Crippen molar-refractivity contribution in [3.8, 4) is 0 Å². The Balaban J connectivity index is 5.35. The summed E-state index contributed by atoms with van der Waals surface area (Å²) in [5.41, 5.74) is 0. The number of methoxy groups -OCH3 is 1. The van der Waals surface area contributed by atoms with E-state index in [1.54, 1.807) is 0 Å². The van der Waals surface area contributed by atoms with E-state index in [1.165, 1.54) is 21.0 Å². The molecule has 29 heavy (non-hydrogen) atoms. The molecule has 0 aliphatic rings. The van der Waals surface area contributed by atoms with Crippen molar-refractivity contribution >= 4 is 31.6 Å². The summed E-state index contributed by atoms with van der Waals surface area (Å²) >= 11 is 0. The third-order valence-corrected chi connectivity index (χ3v) is 3.57. The average Bonchev–Trinajstić information content (AvgIpc) is 2.66. The first-order chi connectivity index (χ1) is 13.6. The van der Waals surface area contributed by atoms with Crippen LogP contribution in [0.25, 0.3) is 0 Å². The number of hydrogen-bond donors (Lipinski definition) is 3. The standard InChI is InChI=1S/C15H26NO12P/c1-4-10(17)27-12(14(19)16-6-7-26-29(21,22)23)13(28-11(18)5-2)15(20)25-9-8-24-3/h12-13H,4-9H2,1-3H3,(H,16,19)(H2,21,22,23). The zero-order chi connectivity index (χ0) is 22.4. The van der Waals surface area contributed by atoms with Crippen molar-refractivity contribution in [2.45, 2.75) is 38.9 Å². The van der Waals surface area contributed by atoms with Crippen molar-refractivity contribution in [1.82, 2.24) is 5.32 Å². The lowest BCUT2D eigenvalue weighted by Crippen LogP contribution is -2.51. The Kier molecular flexibility index (Phi) is 13.0. The molecule has 0 aliphatic carbocycles. The molecular weight excluding hydrogens is 417 g/mol. The van der Waals surface area contributed by atoms with E-state index in [-0.39, 0.29) is 26.1 Å². The minimum absolute atomic E-state index is 0.0332. The summed E-state index contributed by atoms with van der Waals surface area (Å²) in [5, 5.41) is 2.17. The molecule has 0 heterocycles. The lowest BCUT2D eigenvalue weighted by Gasteiger charge is -2.24. The maximum absolute atomic E-state index is 12.4. The lowest BCUT2D eigenvalue weighted by molar-refractivity contribution is -0.185. The maximum Gasteiger partial charge on any atom is 0.469 e. The van der Waals surface area contributed by atoms with E-state index in [0.29, 0.717) is 0 Å². The third-order valence-electron chi connectivity index (χ3n) is 3.05. The van der Waals surface area contributed by atoms with Crippen LogP contribution in [0, 0.1) is 0 Å². The van der Waals surface area contributed by atoms with Crippen LogP contribution in [0.5, 0.6) is 0 Å². The Labute approximate surface area is 167 Å². The Bertz CT molecular complexity index is 604. The summed E-state index contributed by atoms with van der Waals surface area (Å²) in [5.74, 6) is -3.91. The number of rotatable bonds is 14. The van der Waals surface area contributed by atoms with Gasteiger partial charge in [0.1, 0.15) is 6.61 Å². The van der Waals surface area contributed by atoms with Crippen LogP contribution < -0.4 is 5.32 Å². The molecule has 0 aliphatic heterocycles. The van der Waals surface area contributed by atoms with Crippen LogP contribution in [-0.4, -0.2) is 79.3 Å². The van der Waals surface area contributed by atoms with Gasteiger partial charge in [-0.25, -0.2) is 9.36 Å². The molecule has 0 radical (unpaired) electrons. The van der Waals surface area contributed by atoms with E-state index >= 15 is 0 Å². The minimum Gasteiger partial charge on any atom is -0.460 e. The van der Waals surface area contributed by atoms with E-state index < -0.39 is 57.0 Å². The molecule has 0 bridgehead atoms. The molecule has 0 fully saturated rings. The van der Waals surface area contributed by atoms with E-state index in [4.69, 9.17) is 28.7 Å². The highest BCUT2D eigenvalue weighted by Gasteiger charge is 2.41. The monoisotopic (exact) mass is 443 g/mol. The molecule has 2 atom stereocenters. The fourth-order valence-electron chi connectivity index (χ4n) is 1.68. The highest BCUT2D eigenvalue weighted by Crippen LogP contribution is 2.35. The summed E-state index contributed by atoms with van der Waals surface area (Å²) in [6.45, 7) is 1.75. The van der Waals surface area contributed by atoms with Crippen LogP contribution in [0.4, 0.5) is 0 Å². The van der Waals surface area contributed by atoms with Crippen molar-refractivity contribution in [2.24, 2.45) is 0 Å². The van der Waals surface area contributed by atoms with Crippen LogP contribution in [0.2, 0.25) is 0 Å². The van der Waals surface area contributed by atoms with Crippen LogP contribution in [0.3, 0.4) is 0 Å².